The van der Waals surface area contributed by atoms with E-state index in [1.165, 1.54) is 12.5 Å². The Hall–Kier alpha value is -1.76. The fraction of sp³-hybridized carbons (Fsp3) is 0.471. The summed E-state index contributed by atoms with van der Waals surface area (Å²) in [5.41, 5.74) is -0.170. The molecule has 2 rings (SSSR count). The molecule has 1 aliphatic carbocycles. The minimum absolute atomic E-state index is 0.208. The number of benzene rings is 1. The largest absolute Gasteiger partial charge is 0.416 e. The minimum Gasteiger partial charge on any atom is -0.198 e. The van der Waals surface area contributed by atoms with Crippen molar-refractivity contribution in [3.63, 3.8) is 0 Å². The Kier molecular flexibility index (Phi) is 5.06. The quantitative estimate of drug-likeness (QED) is 0.728. The number of hydrogen-bond donors (Lipinski definition) is 0. The van der Waals surface area contributed by atoms with E-state index in [4.69, 9.17) is 0 Å². The predicted octanol–water partition coefficient (Wildman–Crippen LogP) is 5.44. The highest BCUT2D eigenvalue weighted by molar-refractivity contribution is 5.51. The zero-order valence-corrected chi connectivity index (χ0v) is 11.7. The molecule has 21 heavy (non-hydrogen) atoms. The Balaban J connectivity index is 2.10. The number of allylic oxidation sites excluding steroid dienone is 1. The standard InChI is InChI=1S/C17H18F3N/c18-17(19,20)16-8-4-5-13(11-16)9-10-15(12-21)14-6-2-1-3-7-14/h4-5,8-11,14-15H,1-3,6-7H2/b10-9+/t15-/m0/s1. The van der Waals surface area contributed by atoms with Crippen molar-refractivity contribution < 1.29 is 13.2 Å². The Morgan fingerprint density at radius 3 is 2.52 bits per heavy atom. The Morgan fingerprint density at radius 1 is 1.19 bits per heavy atom. The molecule has 0 amide bonds. The molecule has 0 saturated heterocycles. The van der Waals surface area contributed by atoms with Crippen LogP contribution in [0.25, 0.3) is 6.08 Å². The molecule has 0 spiro atoms. The van der Waals surface area contributed by atoms with E-state index in [0.717, 1.165) is 37.8 Å². The van der Waals surface area contributed by atoms with Crippen molar-refractivity contribution in [1.29, 1.82) is 5.26 Å². The third-order valence-corrected chi connectivity index (χ3v) is 4.02. The lowest BCUT2D eigenvalue weighted by molar-refractivity contribution is -0.137. The number of nitriles is 1. The van der Waals surface area contributed by atoms with Crippen molar-refractivity contribution in [2.75, 3.05) is 0 Å². The van der Waals surface area contributed by atoms with Crippen LogP contribution in [-0.4, -0.2) is 0 Å². The summed E-state index contributed by atoms with van der Waals surface area (Å²) >= 11 is 0. The van der Waals surface area contributed by atoms with Crippen LogP contribution in [0, 0.1) is 23.2 Å². The first-order valence-electron chi connectivity index (χ1n) is 7.26. The SMILES string of the molecule is N#C[C@H](/C=C/c1cccc(C(F)(F)F)c1)C1CCCCC1. The van der Waals surface area contributed by atoms with Gasteiger partial charge >= 0.3 is 6.18 Å². The van der Waals surface area contributed by atoms with Gasteiger partial charge in [-0.2, -0.15) is 18.4 Å². The molecule has 1 atom stereocenters. The van der Waals surface area contributed by atoms with Gasteiger partial charge in [0.15, 0.2) is 0 Å². The highest BCUT2D eigenvalue weighted by atomic mass is 19.4. The predicted molar refractivity (Wildman–Crippen MR) is 76.2 cm³/mol. The van der Waals surface area contributed by atoms with Crippen LogP contribution in [0.2, 0.25) is 0 Å². The van der Waals surface area contributed by atoms with E-state index in [-0.39, 0.29) is 5.92 Å². The highest BCUT2D eigenvalue weighted by Gasteiger charge is 2.30. The summed E-state index contributed by atoms with van der Waals surface area (Å²) in [6.45, 7) is 0. The summed E-state index contributed by atoms with van der Waals surface area (Å²) in [5.74, 6) is 0.130. The van der Waals surface area contributed by atoms with Gasteiger partial charge in [-0.15, -0.1) is 0 Å². The number of rotatable bonds is 3. The van der Waals surface area contributed by atoms with Gasteiger partial charge in [0.25, 0.3) is 0 Å². The van der Waals surface area contributed by atoms with E-state index in [9.17, 15) is 18.4 Å². The molecule has 4 heteroatoms. The van der Waals surface area contributed by atoms with Crippen LogP contribution in [0.3, 0.4) is 0 Å². The lowest BCUT2D eigenvalue weighted by Gasteiger charge is -2.23. The Bertz CT molecular complexity index is 534. The fourth-order valence-corrected chi connectivity index (χ4v) is 2.83. The molecule has 1 fully saturated rings. The molecule has 1 aromatic rings. The summed E-state index contributed by atoms with van der Waals surface area (Å²) in [4.78, 5) is 0. The topological polar surface area (TPSA) is 23.8 Å². The van der Waals surface area contributed by atoms with Crippen molar-refractivity contribution in [2.24, 2.45) is 11.8 Å². The smallest absolute Gasteiger partial charge is 0.198 e. The van der Waals surface area contributed by atoms with Gasteiger partial charge in [0, 0.05) is 0 Å². The molecule has 0 unspecified atom stereocenters. The third kappa shape index (κ3) is 4.35. The van der Waals surface area contributed by atoms with Crippen LogP contribution >= 0.6 is 0 Å². The van der Waals surface area contributed by atoms with E-state index in [2.05, 4.69) is 6.07 Å². The Morgan fingerprint density at radius 2 is 1.90 bits per heavy atom. The average molecular weight is 293 g/mol. The fourth-order valence-electron chi connectivity index (χ4n) is 2.83. The molecular formula is C17H18F3N. The summed E-state index contributed by atoms with van der Waals surface area (Å²) in [6.07, 6.45) is 4.62. The summed E-state index contributed by atoms with van der Waals surface area (Å²) in [5, 5.41) is 9.26. The van der Waals surface area contributed by atoms with Gasteiger partial charge in [0.1, 0.15) is 0 Å². The molecule has 1 aliphatic rings. The molecule has 0 bridgehead atoms. The first kappa shape index (κ1) is 15.6. The first-order chi connectivity index (χ1) is 10.0. The van der Waals surface area contributed by atoms with Crippen LogP contribution in [0.1, 0.15) is 43.2 Å². The van der Waals surface area contributed by atoms with Crippen LogP contribution in [0.5, 0.6) is 0 Å². The normalized spacial score (nSPS) is 18.6. The maximum absolute atomic E-state index is 12.6. The maximum atomic E-state index is 12.6. The number of nitrogens with zero attached hydrogens (tertiary/aromatic N) is 1. The van der Waals surface area contributed by atoms with Gasteiger partial charge in [0.05, 0.1) is 17.6 Å². The molecule has 112 valence electrons. The summed E-state index contributed by atoms with van der Waals surface area (Å²) in [6, 6.07) is 7.47. The number of alkyl halides is 3. The minimum atomic E-state index is -4.33. The summed E-state index contributed by atoms with van der Waals surface area (Å²) < 4.78 is 37.9. The molecule has 0 N–H and O–H groups in total. The van der Waals surface area contributed by atoms with Gasteiger partial charge in [-0.05, 0) is 36.5 Å². The van der Waals surface area contributed by atoms with Gasteiger partial charge in [-0.1, -0.05) is 43.5 Å². The second kappa shape index (κ2) is 6.80. The van der Waals surface area contributed by atoms with Gasteiger partial charge in [0.2, 0.25) is 0 Å². The molecule has 0 heterocycles. The molecular weight excluding hydrogens is 275 g/mol. The molecule has 0 aliphatic heterocycles. The van der Waals surface area contributed by atoms with E-state index in [1.54, 1.807) is 18.2 Å². The molecule has 1 saturated carbocycles. The second-order valence-corrected chi connectivity index (χ2v) is 5.54. The van der Waals surface area contributed by atoms with E-state index in [0.29, 0.717) is 11.5 Å². The lowest BCUT2D eigenvalue weighted by Crippen LogP contribution is -2.14. The third-order valence-electron chi connectivity index (χ3n) is 4.02. The Labute approximate surface area is 123 Å². The van der Waals surface area contributed by atoms with Gasteiger partial charge < -0.3 is 0 Å². The van der Waals surface area contributed by atoms with Crippen molar-refractivity contribution in [1.82, 2.24) is 0 Å². The first-order valence-corrected chi connectivity index (χ1v) is 7.26. The molecule has 0 radical (unpaired) electrons. The van der Waals surface area contributed by atoms with Crippen LogP contribution in [0.4, 0.5) is 13.2 Å². The molecule has 0 aromatic heterocycles. The van der Waals surface area contributed by atoms with Crippen molar-refractivity contribution >= 4 is 6.08 Å². The van der Waals surface area contributed by atoms with Crippen molar-refractivity contribution in [3.05, 3.63) is 41.5 Å². The average Bonchev–Trinajstić information content (AvgIpc) is 2.48. The number of hydrogen-bond acceptors (Lipinski definition) is 1. The van der Waals surface area contributed by atoms with Crippen molar-refractivity contribution in [2.45, 2.75) is 38.3 Å². The number of halogens is 3. The van der Waals surface area contributed by atoms with Crippen molar-refractivity contribution in [3.8, 4) is 6.07 Å². The summed E-state index contributed by atoms with van der Waals surface area (Å²) in [7, 11) is 0. The highest BCUT2D eigenvalue weighted by Crippen LogP contribution is 2.32. The maximum Gasteiger partial charge on any atom is 0.416 e. The van der Waals surface area contributed by atoms with E-state index in [1.807, 2.05) is 0 Å². The zero-order valence-electron chi connectivity index (χ0n) is 11.7. The van der Waals surface area contributed by atoms with Crippen LogP contribution in [-0.2, 0) is 6.18 Å². The van der Waals surface area contributed by atoms with E-state index < -0.39 is 11.7 Å². The van der Waals surface area contributed by atoms with Crippen LogP contribution in [0.15, 0.2) is 30.3 Å². The monoisotopic (exact) mass is 293 g/mol. The second-order valence-electron chi connectivity index (χ2n) is 5.54. The lowest BCUT2D eigenvalue weighted by atomic mass is 9.80. The van der Waals surface area contributed by atoms with Gasteiger partial charge in [-0.25, -0.2) is 0 Å². The molecule has 1 nitrogen and oxygen atoms in total. The molecule has 1 aromatic carbocycles. The van der Waals surface area contributed by atoms with Crippen LogP contribution < -0.4 is 0 Å². The van der Waals surface area contributed by atoms with Gasteiger partial charge in [-0.3, -0.25) is 0 Å². The zero-order chi connectivity index (χ0) is 15.3. The van der Waals surface area contributed by atoms with E-state index >= 15 is 0 Å².